The summed E-state index contributed by atoms with van der Waals surface area (Å²) in [5, 5.41) is 19.9. The maximum atomic E-state index is 11.6. The largest absolute Gasteiger partial charge is 0.477 e. The first-order valence-corrected chi connectivity index (χ1v) is 8.78. The highest BCUT2D eigenvalue weighted by molar-refractivity contribution is 8.01. The smallest absolute Gasteiger partial charge is 0.346 e. The fourth-order valence-electron chi connectivity index (χ4n) is 1.90. The predicted octanol–water partition coefficient (Wildman–Crippen LogP) is 5.53. The third-order valence-corrected chi connectivity index (χ3v) is 6.11. The lowest BCUT2D eigenvalue weighted by Gasteiger charge is -2.06. The van der Waals surface area contributed by atoms with Gasteiger partial charge < -0.3 is 5.11 Å². The van der Waals surface area contributed by atoms with Crippen LogP contribution in [-0.2, 0) is 0 Å². The molecule has 0 aliphatic carbocycles. The molecule has 0 aliphatic heterocycles. The molecule has 0 bridgehead atoms. The fraction of sp³-hybridized carbons (Fsp3) is 0.250. The van der Waals surface area contributed by atoms with Gasteiger partial charge in [0, 0.05) is 15.8 Å². The molecule has 1 aromatic heterocycles. The summed E-state index contributed by atoms with van der Waals surface area (Å²) in [6, 6.07) is 9.06. The molecule has 6 heteroatoms. The lowest BCUT2D eigenvalue weighted by Crippen LogP contribution is -1.95. The molecule has 1 aromatic carbocycles. The molecule has 0 unspecified atom stereocenters. The lowest BCUT2D eigenvalue weighted by molar-refractivity contribution is 0.0703. The van der Waals surface area contributed by atoms with Crippen LogP contribution in [-0.4, -0.2) is 16.3 Å². The van der Waals surface area contributed by atoms with Crippen LogP contribution in [0.1, 0.15) is 35.5 Å². The van der Waals surface area contributed by atoms with Crippen molar-refractivity contribution in [1.29, 1.82) is 5.26 Å². The number of thiophene rings is 1. The van der Waals surface area contributed by atoms with E-state index in [0.717, 1.165) is 10.6 Å². The fourth-order valence-corrected chi connectivity index (χ4v) is 4.61. The Hall–Kier alpha value is -1.48. The van der Waals surface area contributed by atoms with E-state index in [2.05, 4.69) is 19.9 Å². The molecule has 0 aliphatic rings. The summed E-state index contributed by atoms with van der Waals surface area (Å²) in [5.74, 6) is -1.01. The second-order valence-electron chi connectivity index (χ2n) is 4.73. The summed E-state index contributed by atoms with van der Waals surface area (Å²) in [6.07, 6.45) is 0.951. The topological polar surface area (TPSA) is 61.1 Å². The summed E-state index contributed by atoms with van der Waals surface area (Å²) in [4.78, 5) is 11.8. The molecule has 1 N–H and O–H groups in total. The number of rotatable bonds is 5. The zero-order chi connectivity index (χ0) is 16.3. The Morgan fingerprint density at radius 1 is 1.45 bits per heavy atom. The molecule has 0 spiro atoms. The average molecular weight is 352 g/mol. The van der Waals surface area contributed by atoms with Gasteiger partial charge in [-0.15, -0.1) is 23.1 Å². The first-order chi connectivity index (χ1) is 10.5. The van der Waals surface area contributed by atoms with Gasteiger partial charge in [-0.3, -0.25) is 0 Å². The third-order valence-electron chi connectivity index (χ3n) is 3.20. The summed E-state index contributed by atoms with van der Waals surface area (Å²) < 4.78 is 0.763. The summed E-state index contributed by atoms with van der Waals surface area (Å²) in [6.45, 7) is 4.13. The van der Waals surface area contributed by atoms with Gasteiger partial charge in [0.2, 0.25) is 0 Å². The molecule has 2 aromatic rings. The van der Waals surface area contributed by atoms with Gasteiger partial charge in [-0.25, -0.2) is 4.79 Å². The number of carbonyl (C=O) groups is 1. The molecular weight excluding hydrogens is 338 g/mol. The van der Waals surface area contributed by atoms with E-state index < -0.39 is 5.97 Å². The van der Waals surface area contributed by atoms with Crippen molar-refractivity contribution in [2.45, 2.75) is 29.7 Å². The molecule has 0 fully saturated rings. The van der Waals surface area contributed by atoms with Crippen molar-refractivity contribution < 1.29 is 9.90 Å². The van der Waals surface area contributed by atoms with E-state index in [0.29, 0.717) is 27.0 Å². The Morgan fingerprint density at radius 2 is 2.09 bits per heavy atom. The van der Waals surface area contributed by atoms with Gasteiger partial charge in [0.25, 0.3) is 0 Å². The standard InChI is InChI=1S/C16H14ClNO2S2/c1-3-9(2)21-16-12(8-18)13(14(22-16)15(19)20)10-4-6-11(17)7-5-10/h4-7,9H,3H2,1-2H3,(H,19,20)/t9-/m1/s1. The molecule has 0 saturated heterocycles. The summed E-state index contributed by atoms with van der Waals surface area (Å²) in [7, 11) is 0. The molecule has 0 amide bonds. The maximum absolute atomic E-state index is 11.6. The predicted molar refractivity (Wildman–Crippen MR) is 92.0 cm³/mol. The second kappa shape index (κ2) is 7.19. The average Bonchev–Trinajstić information content (AvgIpc) is 2.86. The molecule has 0 saturated carbocycles. The van der Waals surface area contributed by atoms with E-state index in [1.807, 2.05) is 0 Å². The van der Waals surface area contributed by atoms with Crippen LogP contribution in [0.2, 0.25) is 5.02 Å². The Morgan fingerprint density at radius 3 is 2.59 bits per heavy atom. The molecule has 1 heterocycles. The monoisotopic (exact) mass is 351 g/mol. The number of nitriles is 1. The van der Waals surface area contributed by atoms with Crippen molar-refractivity contribution in [2.24, 2.45) is 0 Å². The van der Waals surface area contributed by atoms with E-state index in [9.17, 15) is 15.2 Å². The highest BCUT2D eigenvalue weighted by Gasteiger charge is 2.24. The lowest BCUT2D eigenvalue weighted by atomic mass is 10.0. The molecule has 0 radical (unpaired) electrons. The van der Waals surface area contributed by atoms with Crippen LogP contribution in [0.3, 0.4) is 0 Å². The quantitative estimate of drug-likeness (QED) is 0.719. The molecule has 3 nitrogen and oxygen atoms in total. The number of hydrogen-bond acceptors (Lipinski definition) is 4. The van der Waals surface area contributed by atoms with E-state index in [4.69, 9.17) is 11.6 Å². The van der Waals surface area contributed by atoms with Gasteiger partial charge in [0.1, 0.15) is 10.9 Å². The van der Waals surface area contributed by atoms with Crippen molar-refractivity contribution in [3.8, 4) is 17.2 Å². The van der Waals surface area contributed by atoms with Crippen LogP contribution in [0.5, 0.6) is 0 Å². The number of hydrogen-bond donors (Lipinski definition) is 1. The number of nitrogens with zero attached hydrogens (tertiary/aromatic N) is 1. The normalized spacial score (nSPS) is 11.9. The SMILES string of the molecule is CC[C@@H](C)Sc1sc(C(=O)O)c(-c2ccc(Cl)cc2)c1C#N. The van der Waals surface area contributed by atoms with Crippen molar-refractivity contribution in [3.05, 3.63) is 39.7 Å². The highest BCUT2D eigenvalue weighted by atomic mass is 35.5. The van der Waals surface area contributed by atoms with Crippen LogP contribution >= 0.6 is 34.7 Å². The van der Waals surface area contributed by atoms with Crippen molar-refractivity contribution in [2.75, 3.05) is 0 Å². The Kier molecular flexibility index (Phi) is 5.52. The van der Waals surface area contributed by atoms with Gasteiger partial charge in [-0.05, 0) is 24.1 Å². The van der Waals surface area contributed by atoms with Gasteiger partial charge in [0.05, 0.1) is 9.77 Å². The summed E-state index contributed by atoms with van der Waals surface area (Å²) in [5.41, 5.74) is 1.63. The molecular formula is C16H14ClNO2S2. The van der Waals surface area contributed by atoms with E-state index in [1.165, 1.54) is 11.3 Å². The van der Waals surface area contributed by atoms with Gasteiger partial charge in [-0.2, -0.15) is 5.26 Å². The van der Waals surface area contributed by atoms with E-state index >= 15 is 0 Å². The van der Waals surface area contributed by atoms with Crippen molar-refractivity contribution in [3.63, 3.8) is 0 Å². The van der Waals surface area contributed by atoms with Crippen molar-refractivity contribution in [1.82, 2.24) is 0 Å². The number of carboxylic acid groups (broad SMARTS) is 1. The summed E-state index contributed by atoms with van der Waals surface area (Å²) >= 11 is 8.61. The first kappa shape index (κ1) is 16.9. The van der Waals surface area contributed by atoms with Gasteiger partial charge in [0.15, 0.2) is 0 Å². The number of aromatic carboxylic acids is 1. The van der Waals surface area contributed by atoms with Crippen molar-refractivity contribution >= 4 is 40.7 Å². The zero-order valence-electron chi connectivity index (χ0n) is 12.1. The number of thioether (sulfide) groups is 1. The van der Waals surface area contributed by atoms with Crippen LogP contribution in [0.15, 0.2) is 28.5 Å². The Labute approximate surface area is 142 Å². The Balaban J connectivity index is 2.62. The minimum Gasteiger partial charge on any atom is -0.477 e. The molecule has 114 valence electrons. The number of halogens is 1. The van der Waals surface area contributed by atoms with Crippen LogP contribution in [0, 0.1) is 11.3 Å². The van der Waals surface area contributed by atoms with Crippen LogP contribution < -0.4 is 0 Å². The third kappa shape index (κ3) is 3.46. The minimum absolute atomic E-state index is 0.199. The van der Waals surface area contributed by atoms with E-state index in [-0.39, 0.29) is 4.88 Å². The maximum Gasteiger partial charge on any atom is 0.346 e. The molecule has 2 rings (SSSR count). The first-order valence-electron chi connectivity index (χ1n) is 6.70. The number of carboxylic acids is 1. The van der Waals surface area contributed by atoms with Gasteiger partial charge in [-0.1, -0.05) is 37.6 Å². The van der Waals surface area contributed by atoms with Crippen LogP contribution in [0.25, 0.3) is 11.1 Å². The molecule has 22 heavy (non-hydrogen) atoms. The van der Waals surface area contributed by atoms with Crippen LogP contribution in [0.4, 0.5) is 0 Å². The highest BCUT2D eigenvalue weighted by Crippen LogP contribution is 2.43. The Bertz CT molecular complexity index is 732. The number of benzene rings is 1. The zero-order valence-corrected chi connectivity index (χ0v) is 14.5. The van der Waals surface area contributed by atoms with Gasteiger partial charge >= 0.3 is 5.97 Å². The minimum atomic E-state index is -1.01. The van der Waals surface area contributed by atoms with E-state index in [1.54, 1.807) is 36.0 Å². The molecule has 1 atom stereocenters. The second-order valence-corrected chi connectivity index (χ2v) is 7.89.